The summed E-state index contributed by atoms with van der Waals surface area (Å²) < 4.78 is 32.6. The predicted octanol–water partition coefficient (Wildman–Crippen LogP) is 0.869. The third-order valence-electron chi connectivity index (χ3n) is 3.27. The van der Waals surface area contributed by atoms with Gasteiger partial charge in [-0.2, -0.15) is 5.11 Å². The van der Waals surface area contributed by atoms with Gasteiger partial charge in [0.05, 0.1) is 10.6 Å². The van der Waals surface area contributed by atoms with Gasteiger partial charge in [0, 0.05) is 5.39 Å². The number of nitrogens with zero attached hydrogens (tertiary/aromatic N) is 2. The van der Waals surface area contributed by atoms with E-state index < -0.39 is 10.1 Å². The first-order chi connectivity index (χ1) is 10.9. The molecule has 116 valence electrons. The zero-order valence-corrected chi connectivity index (χ0v) is 15.6. The third-order valence-corrected chi connectivity index (χ3v) is 4.12. The Morgan fingerprint density at radius 1 is 0.875 bits per heavy atom. The van der Waals surface area contributed by atoms with Crippen molar-refractivity contribution in [2.75, 3.05) is 0 Å². The standard InChI is InChI=1S/C16H12N2O4S.Na/c19-15-10-5-11-3-1-2-4-14(11)16(15)18-17-12-6-8-13(9-7-12)23(20,21)22;/h1-10,19H,(H,20,21,22);/q;+1/p-1/i6+1,7+1,8+1,9+1,12+1,13+1;. The largest absolute Gasteiger partial charge is 1.00 e. The molecule has 0 saturated heterocycles. The first-order valence-corrected chi connectivity index (χ1v) is 8.04. The van der Waals surface area contributed by atoms with Gasteiger partial charge in [-0.1, -0.05) is 30.3 Å². The van der Waals surface area contributed by atoms with E-state index in [9.17, 15) is 18.1 Å². The van der Waals surface area contributed by atoms with Gasteiger partial charge < -0.3 is 9.66 Å². The molecular formula is C16H11N2NaO4S. The first-order valence-electron chi connectivity index (χ1n) is 6.63. The van der Waals surface area contributed by atoms with Crippen LogP contribution in [0.5, 0.6) is 5.75 Å². The molecule has 0 heterocycles. The zero-order valence-electron chi connectivity index (χ0n) is 12.7. The molecule has 0 aliphatic heterocycles. The summed E-state index contributed by atoms with van der Waals surface area (Å²) in [5, 5.41) is 19.6. The molecule has 0 aromatic heterocycles. The van der Waals surface area contributed by atoms with E-state index in [1.807, 2.05) is 24.3 Å². The molecule has 0 amide bonds. The second-order valence-corrected chi connectivity index (χ2v) is 6.18. The molecule has 0 fully saturated rings. The average molecular weight is 356 g/mol. The fraction of sp³-hybridized carbons (Fsp3) is 0. The van der Waals surface area contributed by atoms with Gasteiger partial charge in [0.15, 0.2) is 0 Å². The Kier molecular flexibility index (Phi) is 5.74. The average Bonchev–Trinajstić information content (AvgIpc) is 2.53. The van der Waals surface area contributed by atoms with Crippen molar-refractivity contribution in [2.24, 2.45) is 10.2 Å². The Morgan fingerprint density at radius 2 is 1.54 bits per heavy atom. The number of fused-ring (bicyclic) bond motifs is 1. The quantitative estimate of drug-likeness (QED) is 0.427. The summed E-state index contributed by atoms with van der Waals surface area (Å²) in [6.45, 7) is 0. The monoisotopic (exact) mass is 356 g/mol. The molecule has 0 aliphatic rings. The number of benzene rings is 3. The molecule has 0 bridgehead atoms. The summed E-state index contributed by atoms with van der Waals surface area (Å²) in [4.78, 5) is -0.329. The summed E-state index contributed by atoms with van der Waals surface area (Å²) in [6.07, 6.45) is 0. The Bertz CT molecular complexity index is 1000. The Balaban J connectivity index is 0.00000208. The van der Waals surface area contributed by atoms with E-state index in [1.165, 1.54) is 30.3 Å². The van der Waals surface area contributed by atoms with Gasteiger partial charge in [-0.15, -0.1) is 5.11 Å². The van der Waals surface area contributed by atoms with E-state index >= 15 is 0 Å². The van der Waals surface area contributed by atoms with Crippen LogP contribution in [0.25, 0.3) is 10.8 Å². The summed E-state index contributed by atoms with van der Waals surface area (Å²) >= 11 is 0. The normalized spacial score (nSPS) is 11.5. The van der Waals surface area contributed by atoms with Crippen molar-refractivity contribution in [3.63, 3.8) is 0 Å². The van der Waals surface area contributed by atoms with E-state index in [0.717, 1.165) is 10.8 Å². The maximum absolute atomic E-state index is 10.9. The van der Waals surface area contributed by atoms with Crippen LogP contribution in [0.15, 0.2) is 75.8 Å². The van der Waals surface area contributed by atoms with Crippen molar-refractivity contribution in [3.8, 4) is 5.75 Å². The second kappa shape index (κ2) is 7.42. The molecule has 0 spiro atoms. The zero-order chi connectivity index (χ0) is 16.4. The summed E-state index contributed by atoms with van der Waals surface area (Å²) in [6, 6.07) is 15.8. The number of hydrogen-bond donors (Lipinski definition) is 1. The van der Waals surface area contributed by atoms with Crippen molar-refractivity contribution in [1.29, 1.82) is 0 Å². The smallest absolute Gasteiger partial charge is 0.744 e. The van der Waals surface area contributed by atoms with Crippen LogP contribution in [0.4, 0.5) is 11.4 Å². The molecule has 0 atom stereocenters. The van der Waals surface area contributed by atoms with E-state index in [4.69, 9.17) is 0 Å². The molecule has 6 nitrogen and oxygen atoms in total. The van der Waals surface area contributed by atoms with Crippen LogP contribution >= 0.6 is 0 Å². The number of rotatable bonds is 3. The Labute approximate surface area is 160 Å². The third kappa shape index (κ3) is 4.00. The minimum Gasteiger partial charge on any atom is -0.744 e. The van der Waals surface area contributed by atoms with Crippen molar-refractivity contribution < 1.29 is 47.6 Å². The van der Waals surface area contributed by atoms with Gasteiger partial charge >= 0.3 is 29.6 Å². The van der Waals surface area contributed by atoms with E-state index in [1.54, 1.807) is 6.07 Å². The van der Waals surface area contributed by atoms with Crippen LogP contribution in [0.3, 0.4) is 0 Å². The van der Waals surface area contributed by atoms with Gasteiger partial charge in [0.2, 0.25) is 0 Å². The van der Waals surface area contributed by atoms with Gasteiger partial charge in [-0.3, -0.25) is 0 Å². The fourth-order valence-corrected chi connectivity index (χ4v) is 2.61. The predicted molar refractivity (Wildman–Crippen MR) is 84.2 cm³/mol. The van der Waals surface area contributed by atoms with Crippen molar-refractivity contribution in [1.82, 2.24) is 0 Å². The van der Waals surface area contributed by atoms with E-state index in [0.29, 0.717) is 11.4 Å². The number of phenols is 1. The van der Waals surface area contributed by atoms with Gasteiger partial charge in [-0.05, 0) is 35.7 Å². The molecule has 0 unspecified atom stereocenters. The van der Waals surface area contributed by atoms with Crippen LogP contribution in [0.1, 0.15) is 0 Å². The first kappa shape index (κ1) is 18.6. The number of aromatic hydroxyl groups is 1. The van der Waals surface area contributed by atoms with Crippen LogP contribution in [0.2, 0.25) is 0 Å². The maximum atomic E-state index is 10.9. The molecule has 0 radical (unpaired) electrons. The SMILES string of the molecule is O=S(=O)([O-])[13c]1[13cH][13cH][13c](N=Nc2c(O)ccc3ccccc23)[13cH][13cH]1.[Na+]. The van der Waals surface area contributed by atoms with Crippen LogP contribution in [-0.4, -0.2) is 18.1 Å². The topological polar surface area (TPSA) is 102 Å². The second-order valence-electron chi connectivity index (χ2n) is 4.80. The van der Waals surface area contributed by atoms with Gasteiger partial charge in [-0.25, -0.2) is 8.42 Å². The van der Waals surface area contributed by atoms with Crippen LogP contribution < -0.4 is 29.6 Å². The minimum atomic E-state index is -4.48. The molecule has 0 saturated carbocycles. The molecule has 3 aromatic carbocycles. The molecule has 1 N–H and O–H groups in total. The molecule has 3 aromatic rings. The number of phenolic OH excluding ortho intramolecular Hbond substituents is 1. The molecule has 24 heavy (non-hydrogen) atoms. The molecule has 8 heteroatoms. The van der Waals surface area contributed by atoms with E-state index in [-0.39, 0.29) is 40.2 Å². The molecule has 3 rings (SSSR count). The minimum absolute atomic E-state index is 0. The Morgan fingerprint density at radius 3 is 2.21 bits per heavy atom. The van der Waals surface area contributed by atoms with Crippen molar-refractivity contribution in [2.45, 2.75) is 4.90 Å². The van der Waals surface area contributed by atoms with Crippen LogP contribution in [-0.2, 0) is 10.1 Å². The molecule has 0 aliphatic carbocycles. The number of azo groups is 1. The van der Waals surface area contributed by atoms with Crippen molar-refractivity contribution in [3.05, 3.63) is 60.7 Å². The van der Waals surface area contributed by atoms with Gasteiger partial charge in [0.25, 0.3) is 0 Å². The fourth-order valence-electron chi connectivity index (χ4n) is 2.14. The van der Waals surface area contributed by atoms with Gasteiger partial charge in [0.1, 0.15) is 21.6 Å². The maximum Gasteiger partial charge on any atom is 1.00 e. The number of hydrogen-bond acceptors (Lipinski definition) is 6. The Hall–Kier alpha value is -1.77. The summed E-state index contributed by atoms with van der Waals surface area (Å²) in [5.41, 5.74) is 0.688. The van der Waals surface area contributed by atoms with E-state index in [2.05, 4.69) is 10.2 Å². The molecular weight excluding hydrogens is 345 g/mol. The summed E-state index contributed by atoms with van der Waals surface area (Å²) in [7, 11) is -4.48. The summed E-state index contributed by atoms with van der Waals surface area (Å²) in [5.74, 6) is -0.00814. The van der Waals surface area contributed by atoms with Crippen molar-refractivity contribution >= 4 is 32.3 Å². The van der Waals surface area contributed by atoms with Crippen LogP contribution in [0, 0.1) is 0 Å².